The topological polar surface area (TPSA) is 26.3 Å². The number of hydrogen-bond acceptors (Lipinski definition) is 2. The minimum absolute atomic E-state index is 0.274. The lowest BCUT2D eigenvalue weighted by molar-refractivity contribution is 0.0514. The Balaban J connectivity index is 2.28. The SMILES string of the molecule is C=CCCOC(=O)c1cccc2ccccc12. The summed E-state index contributed by atoms with van der Waals surface area (Å²) in [5.74, 6) is -0.274. The normalized spacial score (nSPS) is 10.1. The Bertz CT molecular complexity index is 538. The van der Waals surface area contributed by atoms with Crippen LogP contribution in [0.25, 0.3) is 10.8 Å². The van der Waals surface area contributed by atoms with Crippen LogP contribution in [0.5, 0.6) is 0 Å². The number of benzene rings is 2. The molecule has 0 N–H and O–H groups in total. The van der Waals surface area contributed by atoms with Gasteiger partial charge in [0, 0.05) is 0 Å². The molecular weight excluding hydrogens is 212 g/mol. The average molecular weight is 226 g/mol. The second-order valence-corrected chi connectivity index (χ2v) is 3.74. The van der Waals surface area contributed by atoms with Crippen molar-refractivity contribution in [3.05, 3.63) is 60.7 Å². The summed E-state index contributed by atoms with van der Waals surface area (Å²) >= 11 is 0. The maximum absolute atomic E-state index is 11.9. The first-order chi connectivity index (χ1) is 8.33. The van der Waals surface area contributed by atoms with Crippen LogP contribution >= 0.6 is 0 Å². The number of hydrogen-bond donors (Lipinski definition) is 0. The molecule has 86 valence electrons. The summed E-state index contributed by atoms with van der Waals surface area (Å²) < 4.78 is 5.17. The minimum atomic E-state index is -0.274. The largest absolute Gasteiger partial charge is 0.462 e. The Morgan fingerprint density at radius 3 is 2.76 bits per heavy atom. The highest BCUT2D eigenvalue weighted by Crippen LogP contribution is 2.19. The second kappa shape index (κ2) is 5.30. The standard InChI is InChI=1S/C15H14O2/c1-2-3-11-17-15(16)14-10-6-8-12-7-4-5-9-13(12)14/h2,4-10H,1,3,11H2. The van der Waals surface area contributed by atoms with Crippen LogP contribution in [-0.2, 0) is 4.74 Å². The van der Waals surface area contributed by atoms with Gasteiger partial charge in [0.15, 0.2) is 0 Å². The average Bonchev–Trinajstić information content (AvgIpc) is 2.38. The predicted molar refractivity (Wildman–Crippen MR) is 69.0 cm³/mol. The summed E-state index contributed by atoms with van der Waals surface area (Å²) in [7, 11) is 0. The lowest BCUT2D eigenvalue weighted by Gasteiger charge is -2.06. The first-order valence-corrected chi connectivity index (χ1v) is 5.58. The molecule has 0 atom stereocenters. The molecule has 17 heavy (non-hydrogen) atoms. The van der Waals surface area contributed by atoms with Gasteiger partial charge >= 0.3 is 5.97 Å². The van der Waals surface area contributed by atoms with Gasteiger partial charge in [-0.15, -0.1) is 6.58 Å². The highest BCUT2D eigenvalue weighted by molar-refractivity contribution is 6.04. The molecule has 2 nitrogen and oxygen atoms in total. The molecule has 0 aliphatic carbocycles. The van der Waals surface area contributed by atoms with Crippen LogP contribution < -0.4 is 0 Å². The Kier molecular flexibility index (Phi) is 3.55. The molecule has 0 bridgehead atoms. The van der Waals surface area contributed by atoms with Gasteiger partial charge in [0.25, 0.3) is 0 Å². The molecule has 0 aliphatic heterocycles. The summed E-state index contributed by atoms with van der Waals surface area (Å²) in [5, 5.41) is 1.98. The molecule has 2 heteroatoms. The van der Waals surface area contributed by atoms with E-state index in [0.29, 0.717) is 18.6 Å². The van der Waals surface area contributed by atoms with Crippen LogP contribution in [0.15, 0.2) is 55.1 Å². The van der Waals surface area contributed by atoms with Crippen LogP contribution in [0, 0.1) is 0 Å². The van der Waals surface area contributed by atoms with Crippen molar-refractivity contribution in [3.8, 4) is 0 Å². The van der Waals surface area contributed by atoms with Gasteiger partial charge in [-0.2, -0.15) is 0 Å². The van der Waals surface area contributed by atoms with Crippen LogP contribution in [0.4, 0.5) is 0 Å². The lowest BCUT2D eigenvalue weighted by atomic mass is 10.1. The monoisotopic (exact) mass is 226 g/mol. The molecule has 0 saturated heterocycles. The van der Waals surface area contributed by atoms with E-state index in [1.807, 2.05) is 36.4 Å². The van der Waals surface area contributed by atoms with Gasteiger partial charge in [-0.3, -0.25) is 0 Å². The van der Waals surface area contributed by atoms with E-state index in [-0.39, 0.29) is 5.97 Å². The smallest absolute Gasteiger partial charge is 0.338 e. The van der Waals surface area contributed by atoms with Crippen molar-refractivity contribution < 1.29 is 9.53 Å². The molecule has 2 rings (SSSR count). The number of rotatable bonds is 4. The van der Waals surface area contributed by atoms with E-state index >= 15 is 0 Å². The summed E-state index contributed by atoms with van der Waals surface area (Å²) in [5.41, 5.74) is 0.618. The second-order valence-electron chi connectivity index (χ2n) is 3.74. The van der Waals surface area contributed by atoms with Gasteiger partial charge in [-0.05, 0) is 23.3 Å². The Morgan fingerprint density at radius 2 is 1.94 bits per heavy atom. The number of ether oxygens (including phenoxy) is 1. The van der Waals surface area contributed by atoms with E-state index in [1.54, 1.807) is 12.1 Å². The molecule has 0 aliphatic rings. The Morgan fingerprint density at radius 1 is 1.18 bits per heavy atom. The minimum Gasteiger partial charge on any atom is -0.462 e. The van der Waals surface area contributed by atoms with Crippen LogP contribution in [-0.4, -0.2) is 12.6 Å². The quantitative estimate of drug-likeness (QED) is 0.452. The fraction of sp³-hybridized carbons (Fsp3) is 0.133. The third kappa shape index (κ3) is 2.53. The first-order valence-electron chi connectivity index (χ1n) is 5.58. The molecule has 0 heterocycles. The Hall–Kier alpha value is -2.09. The maximum Gasteiger partial charge on any atom is 0.338 e. The van der Waals surface area contributed by atoms with E-state index in [9.17, 15) is 4.79 Å². The van der Waals surface area contributed by atoms with Gasteiger partial charge in [0.1, 0.15) is 0 Å². The molecule has 0 radical (unpaired) electrons. The van der Waals surface area contributed by atoms with Crippen LogP contribution in [0.1, 0.15) is 16.8 Å². The number of esters is 1. The zero-order valence-electron chi connectivity index (χ0n) is 9.56. The van der Waals surface area contributed by atoms with E-state index in [2.05, 4.69) is 6.58 Å². The molecule has 2 aromatic rings. The predicted octanol–water partition coefficient (Wildman–Crippen LogP) is 3.57. The van der Waals surface area contributed by atoms with Crippen LogP contribution in [0.3, 0.4) is 0 Å². The summed E-state index contributed by atoms with van der Waals surface area (Å²) in [4.78, 5) is 11.9. The summed E-state index contributed by atoms with van der Waals surface area (Å²) in [6.07, 6.45) is 2.41. The first kappa shape index (κ1) is 11.4. The van der Waals surface area contributed by atoms with E-state index in [0.717, 1.165) is 10.8 Å². The van der Waals surface area contributed by atoms with Crippen molar-refractivity contribution in [1.82, 2.24) is 0 Å². The number of carbonyl (C=O) groups excluding carboxylic acids is 1. The third-order valence-corrected chi connectivity index (χ3v) is 2.56. The van der Waals surface area contributed by atoms with Crippen molar-refractivity contribution in [2.75, 3.05) is 6.61 Å². The van der Waals surface area contributed by atoms with Gasteiger partial charge in [0.05, 0.1) is 12.2 Å². The molecule has 0 fully saturated rings. The van der Waals surface area contributed by atoms with Crippen molar-refractivity contribution in [2.24, 2.45) is 0 Å². The molecule has 2 aromatic carbocycles. The third-order valence-electron chi connectivity index (χ3n) is 2.56. The lowest BCUT2D eigenvalue weighted by Crippen LogP contribution is -2.06. The van der Waals surface area contributed by atoms with Crippen molar-refractivity contribution in [3.63, 3.8) is 0 Å². The molecule has 0 aromatic heterocycles. The molecule has 0 saturated carbocycles. The van der Waals surface area contributed by atoms with Crippen LogP contribution in [0.2, 0.25) is 0 Å². The van der Waals surface area contributed by atoms with E-state index in [4.69, 9.17) is 4.74 Å². The summed E-state index contributed by atoms with van der Waals surface area (Å²) in [6, 6.07) is 13.4. The highest BCUT2D eigenvalue weighted by atomic mass is 16.5. The van der Waals surface area contributed by atoms with Crippen molar-refractivity contribution in [2.45, 2.75) is 6.42 Å². The fourth-order valence-electron chi connectivity index (χ4n) is 1.72. The number of fused-ring (bicyclic) bond motifs is 1. The maximum atomic E-state index is 11.9. The summed E-state index contributed by atoms with van der Waals surface area (Å²) in [6.45, 7) is 3.97. The zero-order chi connectivity index (χ0) is 12.1. The zero-order valence-corrected chi connectivity index (χ0v) is 9.56. The van der Waals surface area contributed by atoms with Gasteiger partial charge in [0.2, 0.25) is 0 Å². The van der Waals surface area contributed by atoms with Crippen molar-refractivity contribution >= 4 is 16.7 Å². The van der Waals surface area contributed by atoms with Gasteiger partial charge in [-0.1, -0.05) is 42.5 Å². The molecule has 0 spiro atoms. The van der Waals surface area contributed by atoms with E-state index < -0.39 is 0 Å². The molecule has 0 amide bonds. The molecular formula is C15H14O2. The van der Waals surface area contributed by atoms with E-state index in [1.165, 1.54) is 0 Å². The van der Waals surface area contributed by atoms with Gasteiger partial charge in [-0.25, -0.2) is 4.79 Å². The highest BCUT2D eigenvalue weighted by Gasteiger charge is 2.09. The molecule has 0 unspecified atom stereocenters. The Labute approximate surface area is 101 Å². The number of carbonyl (C=O) groups is 1. The fourth-order valence-corrected chi connectivity index (χ4v) is 1.72. The van der Waals surface area contributed by atoms with Crippen molar-refractivity contribution in [1.29, 1.82) is 0 Å². The van der Waals surface area contributed by atoms with Gasteiger partial charge < -0.3 is 4.74 Å².